The van der Waals surface area contributed by atoms with Gasteiger partial charge in [0.1, 0.15) is 0 Å². The molecule has 0 spiro atoms. The predicted molar refractivity (Wildman–Crippen MR) is 106 cm³/mol. The van der Waals surface area contributed by atoms with Crippen LogP contribution in [0.4, 0.5) is 0 Å². The second-order valence-electron chi connectivity index (χ2n) is 6.86. The minimum absolute atomic E-state index is 0.0789. The van der Waals surface area contributed by atoms with Crippen LogP contribution < -0.4 is 5.32 Å². The summed E-state index contributed by atoms with van der Waals surface area (Å²) in [6.45, 7) is 0.392. The lowest BCUT2D eigenvalue weighted by atomic mass is 9.95. The van der Waals surface area contributed by atoms with E-state index in [0.717, 1.165) is 35.1 Å². The number of rotatable bonds is 7. The van der Waals surface area contributed by atoms with Gasteiger partial charge in [0.05, 0.1) is 12.0 Å². The molecule has 2 aromatic carbocycles. The molecule has 1 aliphatic carbocycles. The second-order valence-corrected chi connectivity index (χ2v) is 7.81. The van der Waals surface area contributed by atoms with E-state index in [9.17, 15) is 4.79 Å². The van der Waals surface area contributed by atoms with E-state index in [1.807, 2.05) is 60.1 Å². The SMILES string of the molecule is Cn1c(CNC(=O)C2(c3ccccc3)CC2)nnc1SCc1ccccc1. The zero-order valence-corrected chi connectivity index (χ0v) is 16.1. The van der Waals surface area contributed by atoms with Gasteiger partial charge >= 0.3 is 0 Å². The zero-order chi connectivity index (χ0) is 18.7. The maximum Gasteiger partial charge on any atom is 0.231 e. The first-order chi connectivity index (χ1) is 13.2. The van der Waals surface area contributed by atoms with Gasteiger partial charge in [0.15, 0.2) is 11.0 Å². The number of carbonyl (C=O) groups is 1. The first-order valence-electron chi connectivity index (χ1n) is 9.08. The van der Waals surface area contributed by atoms with Crippen molar-refractivity contribution in [3.8, 4) is 0 Å². The molecule has 1 fully saturated rings. The quantitative estimate of drug-likeness (QED) is 0.640. The van der Waals surface area contributed by atoms with Crippen molar-refractivity contribution in [2.75, 3.05) is 0 Å². The number of nitrogens with zero attached hydrogens (tertiary/aromatic N) is 3. The maximum atomic E-state index is 12.8. The van der Waals surface area contributed by atoms with Gasteiger partial charge in [-0.1, -0.05) is 72.4 Å². The summed E-state index contributed by atoms with van der Waals surface area (Å²) in [5.41, 5.74) is 1.99. The first kappa shape index (κ1) is 17.8. The van der Waals surface area contributed by atoms with Crippen molar-refractivity contribution < 1.29 is 4.79 Å². The molecular weight excluding hydrogens is 356 g/mol. The smallest absolute Gasteiger partial charge is 0.231 e. The Morgan fingerprint density at radius 1 is 1.07 bits per heavy atom. The molecule has 0 aliphatic heterocycles. The highest BCUT2D eigenvalue weighted by Crippen LogP contribution is 2.48. The van der Waals surface area contributed by atoms with E-state index in [0.29, 0.717) is 6.54 Å². The molecule has 5 nitrogen and oxygen atoms in total. The summed E-state index contributed by atoms with van der Waals surface area (Å²) in [7, 11) is 1.94. The number of nitrogens with one attached hydrogen (secondary N) is 1. The largest absolute Gasteiger partial charge is 0.348 e. The normalized spacial score (nSPS) is 14.7. The Hall–Kier alpha value is -2.60. The molecule has 0 unspecified atom stereocenters. The van der Waals surface area contributed by atoms with Crippen molar-refractivity contribution in [3.63, 3.8) is 0 Å². The fourth-order valence-electron chi connectivity index (χ4n) is 3.20. The molecule has 6 heteroatoms. The Bertz CT molecular complexity index is 920. The predicted octanol–water partition coefficient (Wildman–Crippen LogP) is 3.46. The number of amides is 1. The second kappa shape index (κ2) is 7.56. The molecular formula is C21H22N4OS. The molecule has 3 aromatic rings. The number of hydrogen-bond acceptors (Lipinski definition) is 4. The van der Waals surface area contributed by atoms with Gasteiger partial charge in [-0.2, -0.15) is 0 Å². The summed E-state index contributed by atoms with van der Waals surface area (Å²) in [4.78, 5) is 12.8. The van der Waals surface area contributed by atoms with Crippen LogP contribution in [0.25, 0.3) is 0 Å². The van der Waals surface area contributed by atoms with Crippen LogP contribution in [-0.2, 0) is 29.6 Å². The molecule has 1 aromatic heterocycles. The molecule has 27 heavy (non-hydrogen) atoms. The molecule has 4 rings (SSSR count). The maximum absolute atomic E-state index is 12.8. The summed E-state index contributed by atoms with van der Waals surface area (Å²) in [6, 6.07) is 20.3. The van der Waals surface area contributed by atoms with Crippen molar-refractivity contribution >= 4 is 17.7 Å². The Morgan fingerprint density at radius 2 is 1.74 bits per heavy atom. The van der Waals surface area contributed by atoms with Gasteiger partial charge in [-0.3, -0.25) is 4.79 Å². The lowest BCUT2D eigenvalue weighted by Crippen LogP contribution is -2.34. The Labute approximate surface area is 163 Å². The minimum Gasteiger partial charge on any atom is -0.348 e. The molecule has 1 N–H and O–H groups in total. The van der Waals surface area contributed by atoms with E-state index in [4.69, 9.17) is 0 Å². The van der Waals surface area contributed by atoms with Crippen LogP contribution in [0.5, 0.6) is 0 Å². The van der Waals surface area contributed by atoms with E-state index in [-0.39, 0.29) is 11.3 Å². The molecule has 1 heterocycles. The van der Waals surface area contributed by atoms with E-state index < -0.39 is 0 Å². The van der Waals surface area contributed by atoms with Crippen molar-refractivity contribution in [3.05, 3.63) is 77.6 Å². The molecule has 1 amide bonds. The molecule has 0 bridgehead atoms. The van der Waals surface area contributed by atoms with E-state index in [1.54, 1.807) is 11.8 Å². The summed E-state index contributed by atoms with van der Waals surface area (Å²) >= 11 is 1.65. The summed E-state index contributed by atoms with van der Waals surface area (Å²) < 4.78 is 1.95. The van der Waals surface area contributed by atoms with Crippen molar-refractivity contribution in [1.29, 1.82) is 0 Å². The highest BCUT2D eigenvalue weighted by Gasteiger charge is 2.51. The highest BCUT2D eigenvalue weighted by atomic mass is 32.2. The van der Waals surface area contributed by atoms with Gasteiger partial charge in [0.2, 0.25) is 5.91 Å². The third kappa shape index (κ3) is 3.76. The fourth-order valence-corrected chi connectivity index (χ4v) is 4.09. The van der Waals surface area contributed by atoms with Crippen LogP contribution in [0.2, 0.25) is 0 Å². The van der Waals surface area contributed by atoms with Gasteiger partial charge in [-0.25, -0.2) is 0 Å². The molecule has 1 aliphatic rings. The van der Waals surface area contributed by atoms with Gasteiger partial charge in [-0.05, 0) is 24.0 Å². The van der Waals surface area contributed by atoms with Gasteiger partial charge in [0.25, 0.3) is 0 Å². The highest BCUT2D eigenvalue weighted by molar-refractivity contribution is 7.98. The Morgan fingerprint density at radius 3 is 2.41 bits per heavy atom. The monoisotopic (exact) mass is 378 g/mol. The molecule has 0 radical (unpaired) electrons. The van der Waals surface area contributed by atoms with Crippen LogP contribution in [0.1, 0.15) is 29.8 Å². The van der Waals surface area contributed by atoms with E-state index in [2.05, 4.69) is 27.6 Å². The lowest BCUT2D eigenvalue weighted by Gasteiger charge is -2.15. The number of aromatic nitrogens is 3. The van der Waals surface area contributed by atoms with Crippen molar-refractivity contribution in [2.45, 2.75) is 35.7 Å². The van der Waals surface area contributed by atoms with Crippen molar-refractivity contribution in [2.24, 2.45) is 7.05 Å². The first-order valence-corrected chi connectivity index (χ1v) is 10.1. The number of carbonyl (C=O) groups excluding carboxylic acids is 1. The van der Waals surface area contributed by atoms with Crippen molar-refractivity contribution in [1.82, 2.24) is 20.1 Å². The average Bonchev–Trinajstić information content (AvgIpc) is 3.46. The van der Waals surface area contributed by atoms with Crippen LogP contribution in [0.15, 0.2) is 65.8 Å². The summed E-state index contributed by atoms with van der Waals surface area (Å²) in [5.74, 6) is 1.69. The summed E-state index contributed by atoms with van der Waals surface area (Å²) in [6.07, 6.45) is 1.81. The summed E-state index contributed by atoms with van der Waals surface area (Å²) in [5, 5.41) is 12.4. The van der Waals surface area contributed by atoms with Crippen LogP contribution >= 0.6 is 11.8 Å². The van der Waals surface area contributed by atoms with Gasteiger partial charge in [-0.15, -0.1) is 10.2 Å². The topological polar surface area (TPSA) is 59.8 Å². The molecule has 1 saturated carbocycles. The fraction of sp³-hybridized carbons (Fsp3) is 0.286. The molecule has 0 saturated heterocycles. The lowest BCUT2D eigenvalue weighted by molar-refractivity contribution is -0.123. The van der Waals surface area contributed by atoms with E-state index in [1.165, 1.54) is 5.56 Å². The number of thioether (sulfide) groups is 1. The molecule has 0 atom stereocenters. The molecule has 138 valence electrons. The van der Waals surface area contributed by atoms with Crippen LogP contribution in [-0.4, -0.2) is 20.7 Å². The average molecular weight is 379 g/mol. The number of hydrogen-bond donors (Lipinski definition) is 1. The van der Waals surface area contributed by atoms with E-state index >= 15 is 0 Å². The standard InChI is InChI=1S/C21H22N4OS/c1-25-18(23-24-20(25)27-15-16-8-4-2-5-9-16)14-22-19(26)21(12-13-21)17-10-6-3-7-11-17/h2-11H,12-15H2,1H3,(H,22,26). The Balaban J connectivity index is 1.36. The van der Waals surface area contributed by atoms with Gasteiger partial charge in [0, 0.05) is 12.8 Å². The van der Waals surface area contributed by atoms with Crippen LogP contribution in [0, 0.1) is 0 Å². The van der Waals surface area contributed by atoms with Gasteiger partial charge < -0.3 is 9.88 Å². The zero-order valence-electron chi connectivity index (χ0n) is 15.3. The minimum atomic E-state index is -0.356. The third-order valence-corrected chi connectivity index (χ3v) is 6.15. The van der Waals surface area contributed by atoms with Crippen LogP contribution in [0.3, 0.4) is 0 Å². The number of benzene rings is 2. The third-order valence-electron chi connectivity index (χ3n) is 5.05. The Kier molecular flexibility index (Phi) is 4.99.